The average Bonchev–Trinajstić information content (AvgIpc) is 3.23. The first kappa shape index (κ1) is 31.4. The number of halogens is 1. The lowest BCUT2D eigenvalue weighted by atomic mass is 10.1. The Kier molecular flexibility index (Phi) is 9.85. The average molecular weight is 596 g/mol. The minimum atomic E-state index is -4.72. The van der Waals surface area contributed by atoms with Crippen LogP contribution in [0.25, 0.3) is 0 Å². The smallest absolute Gasteiger partial charge is 0.414 e. The third-order valence-corrected chi connectivity index (χ3v) is 9.10. The molecule has 10 nitrogen and oxygen atoms in total. The molecule has 2 aromatic carbocycles. The summed E-state index contributed by atoms with van der Waals surface area (Å²) in [4.78, 5) is 40.0. The summed E-state index contributed by atoms with van der Waals surface area (Å²) in [7, 11) is -1.65. The van der Waals surface area contributed by atoms with Gasteiger partial charge in [-0.15, -0.1) is 11.8 Å². The summed E-state index contributed by atoms with van der Waals surface area (Å²) in [6.45, 7) is 6.95. The number of sulfonamides is 1. The van der Waals surface area contributed by atoms with Gasteiger partial charge in [0.25, 0.3) is 15.9 Å². The van der Waals surface area contributed by atoms with Crippen molar-refractivity contribution in [3.8, 4) is 5.75 Å². The molecule has 1 aliphatic rings. The standard InChI is InChI=1S/C27H34FN3O7S2/c1-17(2)37-25(33)22(14-18-10-12-20(13-11-18)38-26(34)30(5)6)31(24(32)23-29-27(3,4)16-39-23)40(35,36)21-9-7-8-19(28)15-21/h7-13,15,17,22-23,29H,14,16H2,1-6H3/t22-,23-/m0/s1. The second-order valence-corrected chi connectivity index (χ2v) is 13.3. The molecule has 13 heteroatoms. The van der Waals surface area contributed by atoms with Gasteiger partial charge in [-0.1, -0.05) is 18.2 Å². The Bertz CT molecular complexity index is 1350. The van der Waals surface area contributed by atoms with Gasteiger partial charge in [0.1, 0.15) is 23.0 Å². The van der Waals surface area contributed by atoms with Crippen molar-refractivity contribution in [3.05, 3.63) is 59.9 Å². The molecule has 0 aromatic heterocycles. The number of rotatable bonds is 9. The maximum absolute atomic E-state index is 14.1. The van der Waals surface area contributed by atoms with Crippen LogP contribution in [0.5, 0.6) is 5.75 Å². The quantitative estimate of drug-likeness (QED) is 0.435. The number of carbonyl (C=O) groups is 3. The molecule has 218 valence electrons. The molecule has 0 unspecified atom stereocenters. The molecule has 2 aromatic rings. The van der Waals surface area contributed by atoms with Gasteiger partial charge >= 0.3 is 12.1 Å². The van der Waals surface area contributed by atoms with Crippen molar-refractivity contribution in [3.63, 3.8) is 0 Å². The van der Waals surface area contributed by atoms with Gasteiger partial charge in [-0.25, -0.2) is 26.7 Å². The molecule has 2 atom stereocenters. The third-order valence-electron chi connectivity index (χ3n) is 5.76. The maximum Gasteiger partial charge on any atom is 0.414 e. The lowest BCUT2D eigenvalue weighted by Gasteiger charge is -2.32. The summed E-state index contributed by atoms with van der Waals surface area (Å²) in [6.07, 6.45) is -1.43. The monoisotopic (exact) mass is 595 g/mol. The molecule has 0 aliphatic carbocycles. The molecule has 1 N–H and O–H groups in total. The Morgan fingerprint density at radius 2 is 1.77 bits per heavy atom. The molecule has 1 heterocycles. The number of nitrogens with zero attached hydrogens (tertiary/aromatic N) is 2. The predicted molar refractivity (Wildman–Crippen MR) is 149 cm³/mol. The Balaban J connectivity index is 2.07. The topological polar surface area (TPSA) is 122 Å². The summed E-state index contributed by atoms with van der Waals surface area (Å²) in [5.41, 5.74) is 0.00232. The summed E-state index contributed by atoms with van der Waals surface area (Å²) in [5.74, 6) is -1.87. The van der Waals surface area contributed by atoms with Crippen LogP contribution in [-0.4, -0.2) is 78.5 Å². The minimum Gasteiger partial charge on any atom is -0.461 e. The van der Waals surface area contributed by atoms with E-state index in [2.05, 4.69) is 5.32 Å². The molecule has 0 radical (unpaired) electrons. The largest absolute Gasteiger partial charge is 0.461 e. The molecule has 1 aliphatic heterocycles. The zero-order valence-electron chi connectivity index (χ0n) is 23.2. The first-order valence-electron chi connectivity index (χ1n) is 12.5. The molecular formula is C27H34FN3O7S2. The Labute approximate surface area is 238 Å². The van der Waals surface area contributed by atoms with Crippen LogP contribution in [0, 0.1) is 5.82 Å². The van der Waals surface area contributed by atoms with E-state index in [1.807, 2.05) is 13.8 Å². The van der Waals surface area contributed by atoms with Crippen molar-refractivity contribution in [2.24, 2.45) is 0 Å². The molecule has 1 fully saturated rings. The highest BCUT2D eigenvalue weighted by Gasteiger charge is 2.46. The van der Waals surface area contributed by atoms with Crippen LogP contribution < -0.4 is 10.1 Å². The van der Waals surface area contributed by atoms with Gasteiger partial charge in [-0.3, -0.25) is 10.1 Å². The number of esters is 1. The van der Waals surface area contributed by atoms with Crippen LogP contribution in [0.2, 0.25) is 0 Å². The fraction of sp³-hybridized carbons (Fsp3) is 0.444. The number of ether oxygens (including phenoxy) is 2. The highest BCUT2D eigenvalue weighted by Crippen LogP contribution is 2.31. The zero-order chi connectivity index (χ0) is 29.8. The number of thioether (sulfide) groups is 1. The second-order valence-electron chi connectivity index (χ2n) is 10.4. The first-order chi connectivity index (χ1) is 18.6. The molecule has 3 rings (SSSR count). The van der Waals surface area contributed by atoms with E-state index in [4.69, 9.17) is 9.47 Å². The normalized spacial score (nSPS) is 17.2. The Morgan fingerprint density at radius 1 is 1.12 bits per heavy atom. The van der Waals surface area contributed by atoms with Gasteiger partial charge in [0.05, 0.1) is 11.0 Å². The van der Waals surface area contributed by atoms with Crippen LogP contribution in [0.3, 0.4) is 0 Å². The molecule has 0 spiro atoms. The molecule has 0 saturated carbocycles. The van der Waals surface area contributed by atoms with Gasteiger partial charge in [0, 0.05) is 31.8 Å². The van der Waals surface area contributed by atoms with Crippen molar-refractivity contribution in [2.75, 3.05) is 19.8 Å². The predicted octanol–water partition coefficient (Wildman–Crippen LogP) is 3.41. The van der Waals surface area contributed by atoms with Gasteiger partial charge in [0.15, 0.2) is 0 Å². The lowest BCUT2D eigenvalue weighted by Crippen LogP contribution is -2.56. The van der Waals surface area contributed by atoms with E-state index in [-0.39, 0.29) is 12.2 Å². The van der Waals surface area contributed by atoms with Crippen molar-refractivity contribution < 1.29 is 36.7 Å². The highest BCUT2D eigenvalue weighted by molar-refractivity contribution is 8.01. The second kappa shape index (κ2) is 12.6. The first-order valence-corrected chi connectivity index (χ1v) is 15.0. The number of nitrogens with one attached hydrogen (secondary N) is 1. The van der Waals surface area contributed by atoms with E-state index in [9.17, 15) is 27.2 Å². The lowest BCUT2D eigenvalue weighted by molar-refractivity contribution is -0.155. The third kappa shape index (κ3) is 7.73. The highest BCUT2D eigenvalue weighted by atomic mass is 32.2. The fourth-order valence-corrected chi connectivity index (χ4v) is 6.81. The van der Waals surface area contributed by atoms with E-state index in [1.54, 1.807) is 26.0 Å². The van der Waals surface area contributed by atoms with Gasteiger partial charge < -0.3 is 14.4 Å². The number of carbonyl (C=O) groups excluding carboxylic acids is 3. The van der Waals surface area contributed by atoms with Crippen molar-refractivity contribution in [2.45, 2.75) is 62.1 Å². The molecule has 40 heavy (non-hydrogen) atoms. The zero-order valence-corrected chi connectivity index (χ0v) is 24.8. The van der Waals surface area contributed by atoms with E-state index in [1.165, 1.54) is 49.0 Å². The molecule has 1 saturated heterocycles. The van der Waals surface area contributed by atoms with E-state index in [0.717, 1.165) is 18.2 Å². The van der Waals surface area contributed by atoms with Gasteiger partial charge in [-0.05, 0) is 63.6 Å². The summed E-state index contributed by atoms with van der Waals surface area (Å²) in [5, 5.41) is 2.14. The van der Waals surface area contributed by atoms with E-state index in [0.29, 0.717) is 15.6 Å². The fourth-order valence-electron chi connectivity index (χ4n) is 3.84. The summed E-state index contributed by atoms with van der Waals surface area (Å²) < 4.78 is 53.1. The van der Waals surface area contributed by atoms with Gasteiger partial charge in [-0.2, -0.15) is 0 Å². The van der Waals surface area contributed by atoms with Crippen molar-refractivity contribution in [1.29, 1.82) is 0 Å². The minimum absolute atomic E-state index is 0.234. The van der Waals surface area contributed by atoms with Crippen LogP contribution in [0.4, 0.5) is 9.18 Å². The molecule has 2 amide bonds. The van der Waals surface area contributed by atoms with Crippen molar-refractivity contribution >= 4 is 39.8 Å². The maximum atomic E-state index is 14.1. The summed E-state index contributed by atoms with van der Waals surface area (Å²) >= 11 is 1.21. The van der Waals surface area contributed by atoms with E-state index < -0.39 is 61.8 Å². The van der Waals surface area contributed by atoms with Crippen LogP contribution in [0.15, 0.2) is 53.4 Å². The Hall–Kier alpha value is -3.16. The van der Waals surface area contributed by atoms with Crippen molar-refractivity contribution in [1.82, 2.24) is 14.5 Å². The summed E-state index contributed by atoms with van der Waals surface area (Å²) in [6, 6.07) is 8.74. The van der Waals surface area contributed by atoms with E-state index >= 15 is 0 Å². The molecular weight excluding hydrogens is 561 g/mol. The number of hydrogen-bond acceptors (Lipinski definition) is 9. The number of benzene rings is 2. The van der Waals surface area contributed by atoms with Crippen LogP contribution in [0.1, 0.15) is 33.3 Å². The Morgan fingerprint density at radius 3 is 2.30 bits per heavy atom. The number of hydrogen-bond donors (Lipinski definition) is 1. The SMILES string of the molecule is CC(C)OC(=O)[C@H](Cc1ccc(OC(=O)N(C)C)cc1)N(C(=O)[C@H]1NC(C)(C)CS1)S(=O)(=O)c1cccc(F)c1. The van der Waals surface area contributed by atoms with Crippen LogP contribution in [-0.2, 0) is 30.8 Å². The molecule has 0 bridgehead atoms. The van der Waals surface area contributed by atoms with Crippen LogP contribution >= 0.6 is 11.8 Å². The number of amides is 2. The van der Waals surface area contributed by atoms with Gasteiger partial charge in [0.2, 0.25) is 0 Å².